The number of thiazole rings is 1. The fraction of sp³-hybridized carbons (Fsp3) is 0.0625. The molecule has 0 aliphatic heterocycles. The monoisotopic (exact) mass is 314 g/mol. The molecule has 0 aliphatic carbocycles. The minimum absolute atomic E-state index is 0.0374. The summed E-state index contributed by atoms with van der Waals surface area (Å²) in [5.74, 6) is -1.05. The van der Waals surface area contributed by atoms with Crippen LogP contribution in [0.2, 0.25) is 0 Å². The number of nitrogens with zero attached hydrogens (tertiary/aromatic N) is 2. The van der Waals surface area contributed by atoms with Crippen molar-refractivity contribution in [3.63, 3.8) is 0 Å². The Kier molecular flexibility index (Phi) is 5.17. The Morgan fingerprint density at radius 3 is 2.82 bits per heavy atom. The quantitative estimate of drug-likeness (QED) is 0.366. The van der Waals surface area contributed by atoms with Crippen LogP contribution in [0.4, 0.5) is 4.39 Å². The highest BCUT2D eigenvalue weighted by atomic mass is 32.1. The van der Waals surface area contributed by atoms with Crippen LogP contribution >= 0.6 is 11.3 Å². The molecule has 1 aromatic carbocycles. The maximum absolute atomic E-state index is 12.9. The molecule has 0 bridgehead atoms. The molecule has 2 aromatic rings. The lowest BCUT2D eigenvalue weighted by Crippen LogP contribution is -2.06. The molecular formula is C16H11FN2O2S. The highest BCUT2D eigenvalue weighted by Gasteiger charge is 2.11. The first kappa shape index (κ1) is 15.6. The number of hydrogen-bond acceptors (Lipinski definition) is 5. The van der Waals surface area contributed by atoms with Crippen molar-refractivity contribution in [1.29, 1.82) is 5.26 Å². The average Bonchev–Trinajstić information content (AvgIpc) is 2.99. The number of nitriles is 1. The third-order valence-electron chi connectivity index (χ3n) is 2.58. The van der Waals surface area contributed by atoms with E-state index in [0.717, 1.165) is 5.56 Å². The second kappa shape index (κ2) is 7.29. The maximum atomic E-state index is 12.9. The van der Waals surface area contributed by atoms with Gasteiger partial charge in [-0.15, -0.1) is 11.3 Å². The fourth-order valence-electron chi connectivity index (χ4n) is 1.57. The van der Waals surface area contributed by atoms with E-state index in [9.17, 15) is 9.18 Å². The van der Waals surface area contributed by atoms with E-state index in [0.29, 0.717) is 10.7 Å². The molecule has 0 unspecified atom stereocenters. The molecule has 0 N–H and O–H groups in total. The summed E-state index contributed by atoms with van der Waals surface area (Å²) in [7, 11) is 0. The second-order valence-corrected chi connectivity index (χ2v) is 5.00. The smallest absolute Gasteiger partial charge is 0.349 e. The zero-order valence-electron chi connectivity index (χ0n) is 11.5. The molecule has 0 spiro atoms. The number of benzene rings is 1. The van der Waals surface area contributed by atoms with Crippen LogP contribution in [-0.4, -0.2) is 17.6 Å². The van der Waals surface area contributed by atoms with E-state index in [4.69, 9.17) is 10.00 Å². The van der Waals surface area contributed by atoms with E-state index in [1.54, 1.807) is 23.6 Å². The van der Waals surface area contributed by atoms with Crippen molar-refractivity contribution in [1.82, 2.24) is 4.98 Å². The standard InChI is InChI=1S/C16H11FN2O2S/c1-2-7-21-16(20)12(9-18)8-14-10-22-15(19-14)11-3-5-13(17)6-4-11/h2-6,8,10H,1,7H2/b12-8+. The summed E-state index contributed by atoms with van der Waals surface area (Å²) < 4.78 is 17.7. The molecule has 0 amide bonds. The topological polar surface area (TPSA) is 63.0 Å². The Bertz CT molecular complexity index is 757. The zero-order chi connectivity index (χ0) is 15.9. The molecular weight excluding hydrogens is 303 g/mol. The van der Waals surface area contributed by atoms with Gasteiger partial charge >= 0.3 is 5.97 Å². The lowest BCUT2D eigenvalue weighted by Gasteiger charge is -1.98. The molecule has 22 heavy (non-hydrogen) atoms. The van der Waals surface area contributed by atoms with Gasteiger partial charge in [-0.25, -0.2) is 14.2 Å². The molecule has 1 heterocycles. The van der Waals surface area contributed by atoms with E-state index >= 15 is 0 Å². The Labute approximate surface area is 130 Å². The number of esters is 1. The first-order valence-electron chi connectivity index (χ1n) is 6.25. The number of halogens is 1. The molecule has 0 aliphatic rings. The molecule has 4 nitrogen and oxygen atoms in total. The lowest BCUT2D eigenvalue weighted by atomic mass is 10.2. The molecule has 0 saturated carbocycles. The Morgan fingerprint density at radius 1 is 1.45 bits per heavy atom. The van der Waals surface area contributed by atoms with Crippen LogP contribution in [0.25, 0.3) is 16.6 Å². The molecule has 2 rings (SSSR count). The lowest BCUT2D eigenvalue weighted by molar-refractivity contribution is -0.137. The van der Waals surface area contributed by atoms with Gasteiger partial charge in [0.1, 0.15) is 29.1 Å². The van der Waals surface area contributed by atoms with Crippen LogP contribution in [0.1, 0.15) is 5.69 Å². The van der Waals surface area contributed by atoms with E-state index in [-0.39, 0.29) is 18.0 Å². The fourth-order valence-corrected chi connectivity index (χ4v) is 2.36. The van der Waals surface area contributed by atoms with Gasteiger partial charge in [-0.1, -0.05) is 12.7 Å². The number of rotatable bonds is 5. The Morgan fingerprint density at radius 2 is 2.18 bits per heavy atom. The predicted octanol–water partition coefficient (Wildman–Crippen LogP) is 3.59. The molecule has 0 atom stereocenters. The van der Waals surface area contributed by atoms with Gasteiger partial charge in [0.2, 0.25) is 0 Å². The molecule has 0 saturated heterocycles. The number of carbonyl (C=O) groups excluding carboxylic acids is 1. The number of ether oxygens (including phenoxy) is 1. The summed E-state index contributed by atoms with van der Waals surface area (Å²) in [6, 6.07) is 7.71. The summed E-state index contributed by atoms with van der Waals surface area (Å²) in [5.41, 5.74) is 1.09. The van der Waals surface area contributed by atoms with Gasteiger partial charge in [0, 0.05) is 10.9 Å². The molecule has 0 fully saturated rings. The molecule has 110 valence electrons. The van der Waals surface area contributed by atoms with Gasteiger partial charge < -0.3 is 4.74 Å². The normalized spacial score (nSPS) is 10.8. The van der Waals surface area contributed by atoms with Crippen LogP contribution in [0, 0.1) is 17.1 Å². The van der Waals surface area contributed by atoms with E-state index in [1.807, 2.05) is 0 Å². The summed E-state index contributed by atoms with van der Waals surface area (Å²) in [6.07, 6.45) is 2.78. The largest absolute Gasteiger partial charge is 0.457 e. The summed E-state index contributed by atoms with van der Waals surface area (Å²) in [4.78, 5) is 15.9. The van der Waals surface area contributed by atoms with Crippen molar-refractivity contribution in [3.05, 3.63) is 59.4 Å². The third kappa shape index (κ3) is 3.87. The Balaban J connectivity index is 2.21. The van der Waals surface area contributed by atoms with Crippen molar-refractivity contribution in [2.45, 2.75) is 0 Å². The van der Waals surface area contributed by atoms with Crippen LogP contribution in [-0.2, 0) is 9.53 Å². The van der Waals surface area contributed by atoms with Crippen molar-refractivity contribution in [2.75, 3.05) is 6.61 Å². The van der Waals surface area contributed by atoms with E-state index in [1.165, 1.54) is 35.6 Å². The van der Waals surface area contributed by atoms with Crippen LogP contribution in [0.15, 0.2) is 47.9 Å². The van der Waals surface area contributed by atoms with Crippen molar-refractivity contribution in [3.8, 4) is 16.6 Å². The minimum Gasteiger partial charge on any atom is -0.457 e. The SMILES string of the molecule is C=CCOC(=O)/C(C#N)=C/c1csc(-c2ccc(F)cc2)n1. The minimum atomic E-state index is -0.723. The van der Waals surface area contributed by atoms with Crippen LogP contribution < -0.4 is 0 Å². The third-order valence-corrected chi connectivity index (χ3v) is 3.49. The average molecular weight is 314 g/mol. The molecule has 1 aromatic heterocycles. The van der Waals surface area contributed by atoms with Gasteiger partial charge in [0.15, 0.2) is 0 Å². The summed E-state index contributed by atoms with van der Waals surface area (Å²) in [6.45, 7) is 3.47. The van der Waals surface area contributed by atoms with Crippen molar-refractivity contribution >= 4 is 23.4 Å². The van der Waals surface area contributed by atoms with E-state index in [2.05, 4.69) is 11.6 Å². The van der Waals surface area contributed by atoms with Gasteiger partial charge in [-0.05, 0) is 30.3 Å². The first-order valence-corrected chi connectivity index (χ1v) is 7.13. The van der Waals surface area contributed by atoms with Gasteiger partial charge in [0.05, 0.1) is 5.69 Å². The van der Waals surface area contributed by atoms with Crippen molar-refractivity contribution in [2.24, 2.45) is 0 Å². The molecule has 6 heteroatoms. The van der Waals surface area contributed by atoms with Gasteiger partial charge in [-0.2, -0.15) is 5.26 Å². The first-order chi connectivity index (χ1) is 10.6. The highest BCUT2D eigenvalue weighted by Crippen LogP contribution is 2.24. The highest BCUT2D eigenvalue weighted by molar-refractivity contribution is 7.13. The number of aromatic nitrogens is 1. The second-order valence-electron chi connectivity index (χ2n) is 4.14. The van der Waals surface area contributed by atoms with Gasteiger partial charge in [-0.3, -0.25) is 0 Å². The summed E-state index contributed by atoms with van der Waals surface area (Å²) in [5, 5.41) is 11.4. The number of carbonyl (C=O) groups is 1. The van der Waals surface area contributed by atoms with Gasteiger partial charge in [0.25, 0.3) is 0 Å². The maximum Gasteiger partial charge on any atom is 0.349 e. The molecule has 0 radical (unpaired) electrons. The Hall–Kier alpha value is -2.78. The zero-order valence-corrected chi connectivity index (χ0v) is 12.3. The van der Waals surface area contributed by atoms with Crippen molar-refractivity contribution < 1.29 is 13.9 Å². The summed E-state index contributed by atoms with van der Waals surface area (Å²) >= 11 is 1.33. The van der Waals surface area contributed by atoms with Crippen LogP contribution in [0.5, 0.6) is 0 Å². The van der Waals surface area contributed by atoms with E-state index < -0.39 is 5.97 Å². The number of hydrogen-bond donors (Lipinski definition) is 0. The predicted molar refractivity (Wildman–Crippen MR) is 82.3 cm³/mol. The van der Waals surface area contributed by atoms with Crippen LogP contribution in [0.3, 0.4) is 0 Å².